The molecule has 0 aliphatic rings. The molecule has 0 unspecified atom stereocenters. The van der Waals surface area contributed by atoms with Gasteiger partial charge in [0.2, 0.25) is 23.5 Å². The molecule has 97 heavy (non-hydrogen) atoms. The van der Waals surface area contributed by atoms with Gasteiger partial charge in [-0.25, -0.2) is 24.3 Å². The van der Waals surface area contributed by atoms with E-state index in [0.717, 1.165) is 45.6 Å². The summed E-state index contributed by atoms with van der Waals surface area (Å²) in [5, 5.41) is 1.72. The molecule has 534 valence electrons. The van der Waals surface area contributed by atoms with E-state index in [1.165, 1.54) is 41.2 Å². The predicted octanol–water partition coefficient (Wildman–Crippen LogP) is 22.5. The molecule has 0 N–H and O–H groups in total. The summed E-state index contributed by atoms with van der Waals surface area (Å²) in [7, 11) is 6.49. The molecule has 8 rings (SSSR count). The fourth-order valence-electron chi connectivity index (χ4n) is 7.87. The van der Waals surface area contributed by atoms with E-state index in [2.05, 4.69) is 177 Å². The highest BCUT2D eigenvalue weighted by Crippen LogP contribution is 2.34. The van der Waals surface area contributed by atoms with Gasteiger partial charge in [-0.3, -0.25) is 15.0 Å². The van der Waals surface area contributed by atoms with Crippen LogP contribution < -0.4 is 18.9 Å². The molecule has 8 aromatic rings. The van der Waals surface area contributed by atoms with Gasteiger partial charge in [0.05, 0.1) is 39.7 Å². The fourth-order valence-corrected chi connectivity index (χ4v) is 8.53. The van der Waals surface area contributed by atoms with Crippen molar-refractivity contribution < 1.29 is 36.5 Å². The molecule has 12 nitrogen and oxygen atoms in total. The standard InChI is InChI=1S/C11H17NO2.C10H12F3N.2C10H15NO.C10H15N.C9H11Cl2N.C9H12ClN.C9H12FN/c1-11(2,3)8-6-7-9(13-4)12-10(8)14-5;1-9(2,3)7-4-5-8(14-6-7)10(11,12)13;1-10(2,3)8-5-6-9(12-4)11-7-8;1-10(2,3)8-6-5-7-11-9(8)12-4;1-8-5-6-11-9(7-8)10(2,3)4;1-9(2,3)7-4-6(10)5-12-8(7)11;1-9(2,3)7-4-5-8(10)11-6-7;1-9(2,3)8-5-4-7(10)6-11-8/h6-7H,1-5H3;4-6H,1-3H3;2*5-7H,1-4H3;5-7H,1-4H3;4-5H,1-3H3;2*4-6H,1-3H3. The van der Waals surface area contributed by atoms with E-state index in [4.69, 9.17) is 53.8 Å². The van der Waals surface area contributed by atoms with E-state index in [-0.39, 0.29) is 49.1 Å². The Kier molecular flexibility index (Phi) is 34.3. The molecule has 0 atom stereocenters. The average molecular weight is 1410 g/mol. The monoisotopic (exact) mass is 1400 g/mol. The Labute approximate surface area is 594 Å². The summed E-state index contributed by atoms with van der Waals surface area (Å²) in [6.45, 7) is 52.5. The molecule has 0 spiro atoms. The quantitative estimate of drug-likeness (QED) is 0.122. The second kappa shape index (κ2) is 37.8. The third kappa shape index (κ3) is 33.4. The van der Waals surface area contributed by atoms with Crippen molar-refractivity contribution in [1.82, 2.24) is 39.9 Å². The molecule has 8 heterocycles. The van der Waals surface area contributed by atoms with Crippen LogP contribution in [-0.4, -0.2) is 68.3 Å². The zero-order valence-electron chi connectivity index (χ0n) is 63.1. The summed E-state index contributed by atoms with van der Waals surface area (Å²) in [6.07, 6.45) is 7.03. The van der Waals surface area contributed by atoms with Crippen molar-refractivity contribution in [2.45, 2.75) is 223 Å². The van der Waals surface area contributed by atoms with Crippen LogP contribution in [0.3, 0.4) is 0 Å². The third-order valence-electron chi connectivity index (χ3n) is 13.9. The Morgan fingerprint density at radius 2 is 0.804 bits per heavy atom. The Morgan fingerprint density at radius 3 is 1.15 bits per heavy atom. The smallest absolute Gasteiger partial charge is 0.433 e. The summed E-state index contributed by atoms with van der Waals surface area (Å²) in [5.41, 5.74) is 9.43. The van der Waals surface area contributed by atoms with Crippen LogP contribution in [-0.2, 0) is 49.5 Å². The van der Waals surface area contributed by atoms with Gasteiger partial charge >= 0.3 is 6.18 Å². The Bertz CT molecular complexity index is 3490. The Hall–Kier alpha value is -7.01. The second-order valence-corrected chi connectivity index (χ2v) is 32.1. The van der Waals surface area contributed by atoms with Crippen LogP contribution >= 0.6 is 34.8 Å². The first kappa shape index (κ1) is 88.0. The number of methoxy groups -OCH3 is 4. The first-order chi connectivity index (χ1) is 44.2. The summed E-state index contributed by atoms with van der Waals surface area (Å²) in [5.74, 6) is 2.33. The number of aromatic nitrogens is 8. The molecular formula is C78H109Cl3F4N8O4. The van der Waals surface area contributed by atoms with Gasteiger partial charge in [0.25, 0.3) is 0 Å². The number of hydrogen-bond acceptors (Lipinski definition) is 12. The molecule has 0 amide bonds. The van der Waals surface area contributed by atoms with Crippen LogP contribution in [0.25, 0.3) is 0 Å². The molecule has 0 aromatic carbocycles. The first-order valence-corrected chi connectivity index (χ1v) is 33.0. The number of hydrogen-bond donors (Lipinski definition) is 0. The molecule has 8 aromatic heterocycles. The van der Waals surface area contributed by atoms with Crippen molar-refractivity contribution >= 4 is 34.8 Å². The Balaban J connectivity index is 0.000000555. The fraction of sp³-hybridized carbons (Fsp3) is 0.487. The molecule has 0 aliphatic heterocycles. The van der Waals surface area contributed by atoms with Crippen LogP contribution in [0.2, 0.25) is 15.3 Å². The number of nitrogens with zero attached hydrogens (tertiary/aromatic N) is 8. The van der Waals surface area contributed by atoms with E-state index in [1.54, 1.807) is 46.9 Å². The van der Waals surface area contributed by atoms with Gasteiger partial charge < -0.3 is 18.9 Å². The van der Waals surface area contributed by atoms with E-state index < -0.39 is 11.9 Å². The summed E-state index contributed by atoms with van der Waals surface area (Å²) >= 11 is 17.4. The average Bonchev–Trinajstić information content (AvgIpc) is 0.892. The van der Waals surface area contributed by atoms with E-state index in [1.807, 2.05) is 121 Å². The minimum absolute atomic E-state index is 0.00498. The highest BCUT2D eigenvalue weighted by molar-refractivity contribution is 6.32. The van der Waals surface area contributed by atoms with Crippen LogP contribution in [0, 0.1) is 12.7 Å². The lowest BCUT2D eigenvalue weighted by Gasteiger charge is -2.21. The lowest BCUT2D eigenvalue weighted by molar-refractivity contribution is -0.141. The molecule has 0 saturated heterocycles. The van der Waals surface area contributed by atoms with E-state index in [0.29, 0.717) is 33.0 Å². The number of pyridine rings is 8. The highest BCUT2D eigenvalue weighted by Gasteiger charge is 2.32. The number of ether oxygens (including phenoxy) is 4. The predicted molar refractivity (Wildman–Crippen MR) is 394 cm³/mol. The molecule has 0 aliphatic carbocycles. The number of rotatable bonds is 4. The van der Waals surface area contributed by atoms with Crippen LogP contribution in [0.15, 0.2) is 134 Å². The van der Waals surface area contributed by atoms with E-state index >= 15 is 0 Å². The zero-order valence-corrected chi connectivity index (χ0v) is 65.3. The largest absolute Gasteiger partial charge is 0.481 e. The summed E-state index contributed by atoms with van der Waals surface area (Å²) in [4.78, 5) is 32.2. The first-order valence-electron chi connectivity index (χ1n) is 31.8. The topological polar surface area (TPSA) is 140 Å². The number of aryl methyl sites for hydroxylation is 1. The maximum atomic E-state index is 12.4. The van der Waals surface area contributed by atoms with Gasteiger partial charge in [-0.05, 0) is 122 Å². The van der Waals surface area contributed by atoms with E-state index in [9.17, 15) is 17.6 Å². The maximum absolute atomic E-state index is 12.4. The zero-order chi connectivity index (χ0) is 74.9. The SMILES string of the molecule is CC(C)(C)c1cc(Cl)cnc1Cl.CC(C)(C)c1ccc(C(F)(F)F)nc1.CC(C)(C)c1ccc(Cl)nc1.CC(C)(C)c1ccc(F)cn1.COc1ccc(C(C)(C)C)c(OC)n1.COc1ccc(C(C)(C)C)cn1.COc1ncccc1C(C)(C)C.Cc1ccnc(C(C)(C)C)c1. The van der Waals surface area contributed by atoms with Crippen molar-refractivity contribution in [3.8, 4) is 23.5 Å². The van der Waals surface area contributed by atoms with Gasteiger partial charge in [-0.1, -0.05) is 225 Å². The molecule has 19 heteroatoms. The highest BCUT2D eigenvalue weighted by atomic mass is 35.5. The molecule has 0 saturated carbocycles. The van der Waals surface area contributed by atoms with Crippen molar-refractivity contribution in [3.63, 3.8) is 0 Å². The Morgan fingerprint density at radius 1 is 0.351 bits per heavy atom. The number of halogens is 7. The van der Waals surface area contributed by atoms with Crippen LogP contribution in [0.4, 0.5) is 17.6 Å². The normalized spacial score (nSPS) is 11.7. The van der Waals surface area contributed by atoms with Crippen molar-refractivity contribution in [2.24, 2.45) is 0 Å². The maximum Gasteiger partial charge on any atom is 0.433 e. The van der Waals surface area contributed by atoms with Gasteiger partial charge in [0, 0.05) is 82.7 Å². The minimum atomic E-state index is -4.35. The van der Waals surface area contributed by atoms with Crippen molar-refractivity contribution in [3.05, 3.63) is 212 Å². The molecule has 0 fully saturated rings. The lowest BCUT2D eigenvalue weighted by Crippen LogP contribution is -2.14. The molecule has 0 bridgehead atoms. The number of alkyl halides is 3. The third-order valence-corrected chi connectivity index (χ3v) is 14.7. The van der Waals surface area contributed by atoms with Crippen LogP contribution in [0.1, 0.15) is 222 Å². The van der Waals surface area contributed by atoms with Crippen molar-refractivity contribution in [2.75, 3.05) is 28.4 Å². The molecule has 0 radical (unpaired) electrons. The molecular weight excluding hydrogens is 1300 g/mol. The summed E-state index contributed by atoms with van der Waals surface area (Å²) < 4.78 is 69.3. The summed E-state index contributed by atoms with van der Waals surface area (Å²) in [6, 6.07) is 27.2. The van der Waals surface area contributed by atoms with Gasteiger partial charge in [-0.2, -0.15) is 18.2 Å². The van der Waals surface area contributed by atoms with Gasteiger partial charge in [0.15, 0.2) is 0 Å². The minimum Gasteiger partial charge on any atom is -0.481 e. The van der Waals surface area contributed by atoms with Crippen LogP contribution in [0.5, 0.6) is 23.5 Å². The van der Waals surface area contributed by atoms with Gasteiger partial charge in [0.1, 0.15) is 21.8 Å². The lowest BCUT2D eigenvalue weighted by atomic mass is 9.88. The van der Waals surface area contributed by atoms with Gasteiger partial charge in [-0.15, -0.1) is 0 Å². The second-order valence-electron chi connectivity index (χ2n) is 30.9. The van der Waals surface area contributed by atoms with Crippen molar-refractivity contribution in [1.29, 1.82) is 0 Å².